The van der Waals surface area contributed by atoms with Crippen molar-refractivity contribution in [1.82, 2.24) is 0 Å². The minimum absolute atomic E-state index is 0.319. The molecule has 0 saturated carbocycles. The summed E-state index contributed by atoms with van der Waals surface area (Å²) in [6, 6.07) is 15.9. The Morgan fingerprint density at radius 3 is 2.16 bits per heavy atom. The number of ether oxygens (including phenoxy) is 1. The Labute approximate surface area is 149 Å². The van der Waals surface area contributed by atoms with Crippen LogP contribution in [0, 0.1) is 20.8 Å². The molecule has 0 spiro atoms. The van der Waals surface area contributed by atoms with E-state index < -0.39 is 0 Å². The highest BCUT2D eigenvalue weighted by Crippen LogP contribution is 2.33. The molecule has 0 bridgehead atoms. The van der Waals surface area contributed by atoms with E-state index in [-0.39, 0.29) is 5.97 Å². The van der Waals surface area contributed by atoms with Gasteiger partial charge in [0.25, 0.3) is 0 Å². The minimum Gasteiger partial charge on any atom is -0.423 e. The van der Waals surface area contributed by atoms with Crippen LogP contribution in [-0.2, 0) is 0 Å². The number of hydrogen-bond donors (Lipinski definition) is 0. The fourth-order valence-electron chi connectivity index (χ4n) is 3.11. The standard InChI is InChI=1S/C23H24O2/c1-14(2)19-11-8-16(4)20-13-22(17(5)12-21(19)20)25-23(24)18-9-6-15(3)7-10-18/h6-14H,1-5H3. The van der Waals surface area contributed by atoms with E-state index in [0.29, 0.717) is 17.2 Å². The molecule has 2 heteroatoms. The van der Waals surface area contributed by atoms with Crippen LogP contribution in [0.1, 0.15) is 52.4 Å². The molecule has 3 aromatic carbocycles. The summed E-state index contributed by atoms with van der Waals surface area (Å²) in [5, 5.41) is 2.38. The Morgan fingerprint density at radius 2 is 1.52 bits per heavy atom. The lowest BCUT2D eigenvalue weighted by molar-refractivity contribution is 0.0734. The number of fused-ring (bicyclic) bond motifs is 1. The predicted octanol–water partition coefficient (Wildman–Crippen LogP) is 6.11. The van der Waals surface area contributed by atoms with Crippen LogP contribution < -0.4 is 4.74 Å². The largest absolute Gasteiger partial charge is 0.423 e. The number of rotatable bonds is 3. The van der Waals surface area contributed by atoms with Crippen LogP contribution in [-0.4, -0.2) is 5.97 Å². The average molecular weight is 332 g/mol. The van der Waals surface area contributed by atoms with Gasteiger partial charge in [-0.05, 0) is 78.4 Å². The van der Waals surface area contributed by atoms with E-state index in [1.54, 1.807) is 12.1 Å². The van der Waals surface area contributed by atoms with Gasteiger partial charge >= 0.3 is 5.97 Å². The Kier molecular flexibility index (Phi) is 4.63. The summed E-state index contributed by atoms with van der Waals surface area (Å²) in [4.78, 5) is 12.5. The molecule has 0 N–H and O–H groups in total. The molecule has 0 heterocycles. The van der Waals surface area contributed by atoms with Gasteiger partial charge < -0.3 is 4.74 Å². The van der Waals surface area contributed by atoms with Crippen LogP contribution in [0.5, 0.6) is 5.75 Å². The van der Waals surface area contributed by atoms with Crippen molar-refractivity contribution < 1.29 is 9.53 Å². The maximum atomic E-state index is 12.5. The molecule has 0 radical (unpaired) electrons. The third kappa shape index (κ3) is 3.43. The number of benzene rings is 3. The number of carbonyl (C=O) groups excluding carboxylic acids is 1. The van der Waals surface area contributed by atoms with Gasteiger partial charge in [0.05, 0.1) is 5.56 Å². The van der Waals surface area contributed by atoms with Crippen molar-refractivity contribution in [3.63, 3.8) is 0 Å². The summed E-state index contributed by atoms with van der Waals surface area (Å²) in [5.74, 6) is 0.755. The molecular weight excluding hydrogens is 308 g/mol. The lowest BCUT2D eigenvalue weighted by Crippen LogP contribution is -2.09. The zero-order valence-electron chi connectivity index (χ0n) is 15.5. The molecule has 0 aliphatic carbocycles. The van der Waals surface area contributed by atoms with Crippen molar-refractivity contribution in [2.45, 2.75) is 40.5 Å². The van der Waals surface area contributed by atoms with Gasteiger partial charge in [-0.2, -0.15) is 0 Å². The first-order valence-corrected chi connectivity index (χ1v) is 8.69. The van der Waals surface area contributed by atoms with Gasteiger partial charge in [-0.25, -0.2) is 4.79 Å². The van der Waals surface area contributed by atoms with Crippen LogP contribution in [0.25, 0.3) is 10.8 Å². The minimum atomic E-state index is -0.319. The predicted molar refractivity (Wildman–Crippen MR) is 104 cm³/mol. The molecular formula is C23H24O2. The van der Waals surface area contributed by atoms with E-state index in [1.165, 1.54) is 16.5 Å². The van der Waals surface area contributed by atoms with Crippen molar-refractivity contribution >= 4 is 16.7 Å². The average Bonchev–Trinajstić information content (AvgIpc) is 2.56. The van der Waals surface area contributed by atoms with Gasteiger partial charge in [-0.1, -0.05) is 43.7 Å². The molecule has 25 heavy (non-hydrogen) atoms. The van der Waals surface area contributed by atoms with E-state index in [4.69, 9.17) is 4.74 Å². The van der Waals surface area contributed by atoms with Crippen LogP contribution in [0.2, 0.25) is 0 Å². The maximum absolute atomic E-state index is 12.5. The highest BCUT2D eigenvalue weighted by atomic mass is 16.5. The third-order valence-electron chi connectivity index (χ3n) is 4.68. The summed E-state index contributed by atoms with van der Waals surface area (Å²) in [6.07, 6.45) is 0. The maximum Gasteiger partial charge on any atom is 0.343 e. The molecule has 0 aromatic heterocycles. The summed E-state index contributed by atoms with van der Waals surface area (Å²) < 4.78 is 5.70. The van der Waals surface area contributed by atoms with E-state index in [2.05, 4.69) is 39.0 Å². The third-order valence-corrected chi connectivity index (χ3v) is 4.68. The van der Waals surface area contributed by atoms with E-state index in [0.717, 1.165) is 16.5 Å². The van der Waals surface area contributed by atoms with E-state index in [9.17, 15) is 4.79 Å². The first-order chi connectivity index (χ1) is 11.9. The fourth-order valence-corrected chi connectivity index (χ4v) is 3.11. The summed E-state index contributed by atoms with van der Waals surface area (Å²) in [6.45, 7) is 10.5. The Balaban J connectivity index is 2.02. The molecule has 128 valence electrons. The van der Waals surface area contributed by atoms with Crippen molar-refractivity contribution in [2.75, 3.05) is 0 Å². The number of aryl methyl sites for hydroxylation is 3. The second-order valence-corrected chi connectivity index (χ2v) is 7.05. The molecule has 0 fully saturated rings. The van der Waals surface area contributed by atoms with Crippen molar-refractivity contribution in [3.05, 3.63) is 76.3 Å². The number of esters is 1. The molecule has 0 aliphatic rings. The molecule has 0 atom stereocenters. The zero-order valence-corrected chi connectivity index (χ0v) is 15.5. The van der Waals surface area contributed by atoms with Gasteiger partial charge in [0.1, 0.15) is 5.75 Å². The highest BCUT2D eigenvalue weighted by molar-refractivity contribution is 5.94. The molecule has 0 saturated heterocycles. The molecule has 3 aromatic rings. The first-order valence-electron chi connectivity index (χ1n) is 8.69. The summed E-state index contributed by atoms with van der Waals surface area (Å²) in [5.41, 5.74) is 5.17. The van der Waals surface area contributed by atoms with Gasteiger partial charge in [0.15, 0.2) is 0 Å². The van der Waals surface area contributed by atoms with Crippen LogP contribution >= 0.6 is 0 Å². The summed E-state index contributed by atoms with van der Waals surface area (Å²) in [7, 11) is 0. The second kappa shape index (κ2) is 6.72. The van der Waals surface area contributed by atoms with Crippen LogP contribution in [0.4, 0.5) is 0 Å². The lowest BCUT2D eigenvalue weighted by atomic mass is 9.92. The van der Waals surface area contributed by atoms with Gasteiger partial charge in [0, 0.05) is 0 Å². The van der Waals surface area contributed by atoms with Crippen molar-refractivity contribution in [3.8, 4) is 5.75 Å². The molecule has 0 amide bonds. The molecule has 0 aliphatic heterocycles. The highest BCUT2D eigenvalue weighted by Gasteiger charge is 2.14. The van der Waals surface area contributed by atoms with E-state index in [1.807, 2.05) is 32.0 Å². The normalized spacial score (nSPS) is 11.1. The van der Waals surface area contributed by atoms with Gasteiger partial charge in [-0.3, -0.25) is 0 Å². The Hall–Kier alpha value is -2.61. The SMILES string of the molecule is Cc1ccc(C(=O)Oc2cc3c(C)ccc(C(C)C)c3cc2C)cc1. The quantitative estimate of drug-likeness (QED) is 0.427. The van der Waals surface area contributed by atoms with Gasteiger partial charge in [0.2, 0.25) is 0 Å². The number of carbonyl (C=O) groups is 1. The molecule has 2 nitrogen and oxygen atoms in total. The monoisotopic (exact) mass is 332 g/mol. The topological polar surface area (TPSA) is 26.3 Å². The lowest BCUT2D eigenvalue weighted by Gasteiger charge is -2.15. The number of hydrogen-bond acceptors (Lipinski definition) is 2. The smallest absolute Gasteiger partial charge is 0.343 e. The van der Waals surface area contributed by atoms with Crippen molar-refractivity contribution in [1.29, 1.82) is 0 Å². The van der Waals surface area contributed by atoms with Crippen LogP contribution in [0.3, 0.4) is 0 Å². The van der Waals surface area contributed by atoms with E-state index >= 15 is 0 Å². The summed E-state index contributed by atoms with van der Waals surface area (Å²) >= 11 is 0. The Bertz CT molecular complexity index is 934. The molecule has 3 rings (SSSR count). The zero-order chi connectivity index (χ0) is 18.1. The van der Waals surface area contributed by atoms with Crippen molar-refractivity contribution in [2.24, 2.45) is 0 Å². The fraction of sp³-hybridized carbons (Fsp3) is 0.261. The first kappa shape index (κ1) is 17.2. The van der Waals surface area contributed by atoms with Gasteiger partial charge in [-0.15, -0.1) is 0 Å². The van der Waals surface area contributed by atoms with Crippen LogP contribution in [0.15, 0.2) is 48.5 Å². The molecule has 0 unspecified atom stereocenters. The second-order valence-electron chi connectivity index (χ2n) is 7.05. The Morgan fingerprint density at radius 1 is 0.840 bits per heavy atom.